The Hall–Kier alpha value is -1.33. The maximum atomic E-state index is 12.1. The van der Waals surface area contributed by atoms with Gasteiger partial charge in [-0.25, -0.2) is 4.79 Å². The highest BCUT2D eigenvalue weighted by Gasteiger charge is 2.50. The lowest BCUT2D eigenvalue weighted by molar-refractivity contribution is -0.199. The van der Waals surface area contributed by atoms with E-state index in [9.17, 15) is 19.0 Å². The Balaban J connectivity index is 2.35. The van der Waals surface area contributed by atoms with E-state index >= 15 is 0 Å². The van der Waals surface area contributed by atoms with E-state index < -0.39 is 55.5 Å². The fourth-order valence-electron chi connectivity index (χ4n) is 2.60. The van der Waals surface area contributed by atoms with Crippen LogP contribution in [0.1, 0.15) is 27.0 Å². The SMILES string of the molecule is CO[C@@H]1[C@H](OC(C)(C)C)[C@@H](OCP(=O)(O)OC)O[C@H]1n1ccc(=O)[nH]c1=O. The maximum absolute atomic E-state index is 12.1. The molecule has 1 aromatic heterocycles. The molecular weight excluding hydrogens is 383 g/mol. The van der Waals surface area contributed by atoms with Crippen LogP contribution in [-0.2, 0) is 28.0 Å². The Labute approximate surface area is 155 Å². The predicted octanol–water partition coefficient (Wildman–Crippen LogP) is 0.396. The van der Waals surface area contributed by atoms with E-state index in [1.54, 1.807) is 0 Å². The molecule has 2 rings (SSSR count). The minimum Gasteiger partial charge on any atom is -0.374 e. The Bertz CT molecular complexity index is 799. The van der Waals surface area contributed by atoms with Crippen LogP contribution in [0.5, 0.6) is 0 Å². The largest absolute Gasteiger partial charge is 0.374 e. The lowest BCUT2D eigenvalue weighted by Gasteiger charge is -2.30. The van der Waals surface area contributed by atoms with E-state index in [0.717, 1.165) is 17.7 Å². The number of hydrogen-bond acceptors (Lipinski definition) is 8. The quantitative estimate of drug-likeness (QED) is 0.614. The van der Waals surface area contributed by atoms with Gasteiger partial charge in [0.1, 0.15) is 12.2 Å². The molecule has 1 unspecified atom stereocenters. The average molecular weight is 408 g/mol. The summed E-state index contributed by atoms with van der Waals surface area (Å²) in [7, 11) is -1.46. The number of hydrogen-bond donors (Lipinski definition) is 2. The van der Waals surface area contributed by atoms with Gasteiger partial charge in [0.15, 0.2) is 18.9 Å². The summed E-state index contributed by atoms with van der Waals surface area (Å²) in [6.45, 7) is 5.42. The molecule has 1 aliphatic rings. The third-order valence-corrected chi connectivity index (χ3v) is 4.77. The van der Waals surface area contributed by atoms with Crippen LogP contribution in [0.2, 0.25) is 0 Å². The second kappa shape index (κ2) is 8.36. The van der Waals surface area contributed by atoms with Gasteiger partial charge in [-0.05, 0) is 20.8 Å². The molecule has 1 aliphatic heterocycles. The molecule has 1 saturated heterocycles. The van der Waals surface area contributed by atoms with Crippen molar-refractivity contribution in [1.82, 2.24) is 9.55 Å². The number of aromatic amines is 1. The van der Waals surface area contributed by atoms with Crippen molar-refractivity contribution in [3.8, 4) is 0 Å². The van der Waals surface area contributed by atoms with Gasteiger partial charge in [0, 0.05) is 26.5 Å². The lowest BCUT2D eigenvalue weighted by atomic mass is 10.1. The van der Waals surface area contributed by atoms with E-state index in [0.29, 0.717) is 0 Å². The fraction of sp³-hybridized carbons (Fsp3) is 0.733. The molecule has 5 atom stereocenters. The molecule has 0 bridgehead atoms. The van der Waals surface area contributed by atoms with Crippen molar-refractivity contribution < 1.29 is 32.9 Å². The number of rotatable bonds is 7. The van der Waals surface area contributed by atoms with Gasteiger partial charge >= 0.3 is 13.3 Å². The molecule has 0 aliphatic carbocycles. The van der Waals surface area contributed by atoms with Crippen molar-refractivity contribution >= 4 is 7.60 Å². The van der Waals surface area contributed by atoms with Crippen LogP contribution in [0.25, 0.3) is 0 Å². The summed E-state index contributed by atoms with van der Waals surface area (Å²) in [4.78, 5) is 35.1. The molecule has 11 nitrogen and oxygen atoms in total. The van der Waals surface area contributed by atoms with Crippen LogP contribution in [-0.4, -0.2) is 59.1 Å². The van der Waals surface area contributed by atoms with Crippen molar-refractivity contribution in [3.05, 3.63) is 33.1 Å². The first kappa shape index (κ1) is 22.0. The normalized spacial score (nSPS) is 28.2. The average Bonchev–Trinajstić information content (AvgIpc) is 2.88. The van der Waals surface area contributed by atoms with E-state index in [-0.39, 0.29) is 0 Å². The summed E-state index contributed by atoms with van der Waals surface area (Å²) in [5, 5.41) is 0. The minimum absolute atomic E-state index is 0.556. The molecule has 1 aromatic rings. The second-order valence-corrected chi connectivity index (χ2v) is 8.82. The number of nitrogens with one attached hydrogen (secondary N) is 1. The van der Waals surface area contributed by atoms with Crippen molar-refractivity contribution in [3.63, 3.8) is 0 Å². The predicted molar refractivity (Wildman–Crippen MR) is 93.4 cm³/mol. The zero-order valence-corrected chi connectivity index (χ0v) is 16.7. The number of ether oxygens (including phenoxy) is 4. The smallest absolute Gasteiger partial charge is 0.353 e. The van der Waals surface area contributed by atoms with Gasteiger partial charge < -0.3 is 28.4 Å². The van der Waals surface area contributed by atoms with Gasteiger partial charge in [0.2, 0.25) is 0 Å². The first-order valence-electron chi connectivity index (χ1n) is 8.14. The van der Waals surface area contributed by atoms with Crippen LogP contribution in [0.3, 0.4) is 0 Å². The standard InChI is InChI=1S/C15H25N2O9P/c1-15(2,3)26-11-10(22-4)12(17-7-6-9(18)16-14(17)19)25-13(11)24-8-27(20,21)23-5/h6-7,10-13H,8H2,1-5H3,(H,20,21)(H,16,18,19)/t10-,11+,12-,13+/m1/s1. The van der Waals surface area contributed by atoms with Gasteiger partial charge in [-0.15, -0.1) is 0 Å². The number of nitrogens with zero attached hydrogens (tertiary/aromatic N) is 1. The van der Waals surface area contributed by atoms with E-state index in [4.69, 9.17) is 18.9 Å². The molecule has 0 radical (unpaired) electrons. The fourth-order valence-corrected chi connectivity index (χ4v) is 3.04. The van der Waals surface area contributed by atoms with Gasteiger partial charge in [-0.2, -0.15) is 0 Å². The van der Waals surface area contributed by atoms with Gasteiger partial charge in [-0.3, -0.25) is 18.9 Å². The van der Waals surface area contributed by atoms with E-state index in [1.807, 2.05) is 20.8 Å². The Morgan fingerprint density at radius 3 is 2.48 bits per heavy atom. The van der Waals surface area contributed by atoms with Crippen molar-refractivity contribution in [2.45, 2.75) is 51.1 Å². The van der Waals surface area contributed by atoms with Gasteiger partial charge in [0.25, 0.3) is 5.56 Å². The molecule has 2 heterocycles. The molecule has 0 spiro atoms. The van der Waals surface area contributed by atoms with Crippen LogP contribution in [0.4, 0.5) is 0 Å². The number of methoxy groups -OCH3 is 1. The summed E-state index contributed by atoms with van der Waals surface area (Å²) in [5.41, 5.74) is -1.88. The topological polar surface area (TPSA) is 138 Å². The molecule has 0 saturated carbocycles. The van der Waals surface area contributed by atoms with Crippen LogP contribution in [0, 0.1) is 0 Å². The Morgan fingerprint density at radius 1 is 1.30 bits per heavy atom. The first-order chi connectivity index (χ1) is 12.5. The maximum Gasteiger partial charge on any atom is 0.353 e. The third-order valence-electron chi connectivity index (χ3n) is 3.72. The Morgan fingerprint density at radius 2 is 1.96 bits per heavy atom. The van der Waals surface area contributed by atoms with E-state index in [2.05, 4.69) is 9.51 Å². The second-order valence-electron chi connectivity index (χ2n) is 6.92. The third kappa shape index (κ3) is 5.58. The lowest BCUT2D eigenvalue weighted by Crippen LogP contribution is -2.43. The summed E-state index contributed by atoms with van der Waals surface area (Å²) < 4.78 is 39.9. The van der Waals surface area contributed by atoms with Crippen LogP contribution in [0.15, 0.2) is 21.9 Å². The highest BCUT2D eigenvalue weighted by Crippen LogP contribution is 2.43. The molecular formula is C15H25N2O9P. The summed E-state index contributed by atoms with van der Waals surface area (Å²) >= 11 is 0. The monoisotopic (exact) mass is 408 g/mol. The molecule has 0 amide bonds. The number of aromatic nitrogens is 2. The molecule has 0 aromatic carbocycles. The van der Waals surface area contributed by atoms with E-state index in [1.165, 1.54) is 13.3 Å². The van der Waals surface area contributed by atoms with Crippen molar-refractivity contribution in [1.29, 1.82) is 0 Å². The first-order valence-corrected chi connectivity index (χ1v) is 9.90. The summed E-state index contributed by atoms with van der Waals surface area (Å²) in [5.74, 6) is 0. The zero-order valence-electron chi connectivity index (χ0n) is 15.8. The van der Waals surface area contributed by atoms with Gasteiger partial charge in [-0.1, -0.05) is 0 Å². The van der Waals surface area contributed by atoms with Crippen LogP contribution < -0.4 is 11.2 Å². The van der Waals surface area contributed by atoms with Crippen molar-refractivity contribution in [2.24, 2.45) is 0 Å². The minimum atomic E-state index is -3.95. The number of H-pyrrole nitrogens is 1. The van der Waals surface area contributed by atoms with Gasteiger partial charge in [0.05, 0.1) is 5.60 Å². The Kier molecular flexibility index (Phi) is 6.80. The van der Waals surface area contributed by atoms with Crippen molar-refractivity contribution in [2.75, 3.05) is 20.6 Å². The molecule has 2 N–H and O–H groups in total. The highest BCUT2D eigenvalue weighted by atomic mass is 31.2. The molecule has 1 fully saturated rings. The zero-order chi connectivity index (χ0) is 20.4. The molecule has 12 heteroatoms. The molecule has 154 valence electrons. The van der Waals surface area contributed by atoms with Crippen LogP contribution >= 0.6 is 7.60 Å². The molecule has 27 heavy (non-hydrogen) atoms. The summed E-state index contributed by atoms with van der Waals surface area (Å²) in [6, 6.07) is 1.16. The summed E-state index contributed by atoms with van der Waals surface area (Å²) in [6.07, 6.45) is -3.09. The highest BCUT2D eigenvalue weighted by molar-refractivity contribution is 7.52.